The molecule has 1 aromatic carbocycles. The van der Waals surface area contributed by atoms with E-state index in [-0.39, 0.29) is 24.0 Å². The molecule has 0 saturated carbocycles. The Hall–Kier alpha value is -1.92. The number of nitrogens with zero attached hydrogens (tertiary/aromatic N) is 2. The van der Waals surface area contributed by atoms with Crippen LogP contribution in [0.5, 0.6) is 0 Å². The summed E-state index contributed by atoms with van der Waals surface area (Å²) >= 11 is 0. The molecule has 0 aliphatic carbocycles. The molecular formula is C18H25N3O3. The molecule has 130 valence electrons. The van der Waals surface area contributed by atoms with Gasteiger partial charge in [0.1, 0.15) is 6.10 Å². The normalized spacial score (nSPS) is 24.2. The lowest BCUT2D eigenvalue weighted by Crippen LogP contribution is -2.53. The Kier molecular flexibility index (Phi) is 5.48. The first-order valence-electron chi connectivity index (χ1n) is 8.63. The molecule has 0 aromatic heterocycles. The van der Waals surface area contributed by atoms with Gasteiger partial charge in [0.05, 0.1) is 12.5 Å². The predicted molar refractivity (Wildman–Crippen MR) is 90.3 cm³/mol. The molecule has 3 rings (SSSR count). The zero-order valence-electron chi connectivity index (χ0n) is 13.9. The molecule has 2 heterocycles. The quantitative estimate of drug-likeness (QED) is 0.867. The van der Waals surface area contributed by atoms with Crippen molar-refractivity contribution in [3.05, 3.63) is 35.9 Å². The summed E-state index contributed by atoms with van der Waals surface area (Å²) < 4.78 is 5.68. The Morgan fingerprint density at radius 3 is 2.33 bits per heavy atom. The maximum absolute atomic E-state index is 12.5. The molecule has 24 heavy (non-hydrogen) atoms. The SMILES string of the molecule is NC[C@H]1CC[C@@H](C(=O)N2CCN(C(=O)Cc3ccccc3)CC2)O1. The summed E-state index contributed by atoms with van der Waals surface area (Å²) in [5, 5.41) is 0. The molecule has 2 aliphatic rings. The van der Waals surface area contributed by atoms with Crippen LogP contribution in [-0.2, 0) is 20.7 Å². The third-order valence-corrected chi connectivity index (χ3v) is 4.79. The number of nitrogens with two attached hydrogens (primary N) is 1. The Morgan fingerprint density at radius 2 is 1.71 bits per heavy atom. The first kappa shape index (κ1) is 16.9. The highest BCUT2D eigenvalue weighted by atomic mass is 16.5. The largest absolute Gasteiger partial charge is 0.364 e. The minimum absolute atomic E-state index is 0.00712. The van der Waals surface area contributed by atoms with E-state index in [9.17, 15) is 9.59 Å². The van der Waals surface area contributed by atoms with Gasteiger partial charge in [0.25, 0.3) is 5.91 Å². The van der Waals surface area contributed by atoms with Crippen molar-refractivity contribution in [2.24, 2.45) is 5.73 Å². The summed E-state index contributed by atoms with van der Waals surface area (Å²) in [6.07, 6.45) is 1.66. The van der Waals surface area contributed by atoms with E-state index in [1.807, 2.05) is 40.1 Å². The maximum atomic E-state index is 12.5. The van der Waals surface area contributed by atoms with Gasteiger partial charge in [-0.25, -0.2) is 0 Å². The van der Waals surface area contributed by atoms with Crippen LogP contribution in [0.15, 0.2) is 30.3 Å². The average molecular weight is 331 g/mol. The zero-order chi connectivity index (χ0) is 16.9. The van der Waals surface area contributed by atoms with Crippen molar-refractivity contribution < 1.29 is 14.3 Å². The molecular weight excluding hydrogens is 306 g/mol. The molecule has 2 saturated heterocycles. The lowest BCUT2D eigenvalue weighted by Gasteiger charge is -2.36. The van der Waals surface area contributed by atoms with Crippen LogP contribution in [-0.4, -0.2) is 66.5 Å². The minimum atomic E-state index is -0.356. The highest BCUT2D eigenvalue weighted by Gasteiger charge is 2.34. The molecule has 0 radical (unpaired) electrons. The van der Waals surface area contributed by atoms with Crippen LogP contribution in [0, 0.1) is 0 Å². The summed E-state index contributed by atoms with van der Waals surface area (Å²) in [6.45, 7) is 2.79. The number of carbonyl (C=O) groups is 2. The molecule has 2 amide bonds. The summed E-state index contributed by atoms with van der Waals surface area (Å²) in [5.74, 6) is 0.162. The average Bonchev–Trinajstić information content (AvgIpc) is 3.11. The van der Waals surface area contributed by atoms with Gasteiger partial charge in [-0.15, -0.1) is 0 Å². The van der Waals surface area contributed by atoms with E-state index < -0.39 is 0 Å². The number of hydrogen-bond acceptors (Lipinski definition) is 4. The molecule has 2 atom stereocenters. The van der Waals surface area contributed by atoms with Crippen molar-refractivity contribution >= 4 is 11.8 Å². The van der Waals surface area contributed by atoms with Gasteiger partial charge in [-0.1, -0.05) is 30.3 Å². The molecule has 2 N–H and O–H groups in total. The van der Waals surface area contributed by atoms with Crippen LogP contribution in [0.1, 0.15) is 18.4 Å². The second-order valence-corrected chi connectivity index (χ2v) is 6.43. The van der Waals surface area contributed by atoms with Gasteiger partial charge < -0.3 is 20.3 Å². The smallest absolute Gasteiger partial charge is 0.251 e. The number of rotatable bonds is 4. The van der Waals surface area contributed by atoms with Gasteiger partial charge in [0.15, 0.2) is 0 Å². The van der Waals surface area contributed by atoms with Crippen molar-refractivity contribution in [2.75, 3.05) is 32.7 Å². The number of amides is 2. The van der Waals surface area contributed by atoms with Crippen molar-refractivity contribution in [3.8, 4) is 0 Å². The van der Waals surface area contributed by atoms with Gasteiger partial charge in [-0.3, -0.25) is 9.59 Å². The number of piperazine rings is 1. The van der Waals surface area contributed by atoms with E-state index in [2.05, 4.69) is 0 Å². The van der Waals surface area contributed by atoms with Gasteiger partial charge in [-0.05, 0) is 18.4 Å². The Labute approximate surface area is 142 Å². The van der Waals surface area contributed by atoms with Crippen molar-refractivity contribution in [3.63, 3.8) is 0 Å². The molecule has 6 heteroatoms. The number of hydrogen-bond donors (Lipinski definition) is 1. The van der Waals surface area contributed by atoms with Crippen LogP contribution in [0.4, 0.5) is 0 Å². The van der Waals surface area contributed by atoms with Crippen LogP contribution in [0.3, 0.4) is 0 Å². The van der Waals surface area contributed by atoms with Gasteiger partial charge in [0.2, 0.25) is 5.91 Å². The highest BCUT2D eigenvalue weighted by molar-refractivity contribution is 5.82. The van der Waals surface area contributed by atoms with Crippen LogP contribution in [0.25, 0.3) is 0 Å². The predicted octanol–water partition coefficient (Wildman–Crippen LogP) is 0.406. The maximum Gasteiger partial charge on any atom is 0.251 e. The molecule has 2 fully saturated rings. The lowest BCUT2D eigenvalue weighted by atomic mass is 10.1. The summed E-state index contributed by atoms with van der Waals surface area (Å²) in [4.78, 5) is 28.5. The van der Waals surface area contributed by atoms with E-state index >= 15 is 0 Å². The van der Waals surface area contributed by atoms with Crippen molar-refractivity contribution in [1.29, 1.82) is 0 Å². The van der Waals surface area contributed by atoms with Crippen molar-refractivity contribution in [1.82, 2.24) is 9.80 Å². The fourth-order valence-electron chi connectivity index (χ4n) is 3.32. The summed E-state index contributed by atoms with van der Waals surface area (Å²) in [6, 6.07) is 9.75. The monoisotopic (exact) mass is 331 g/mol. The van der Waals surface area contributed by atoms with E-state index in [1.165, 1.54) is 0 Å². The van der Waals surface area contributed by atoms with Crippen LogP contribution >= 0.6 is 0 Å². The van der Waals surface area contributed by atoms with Crippen LogP contribution in [0.2, 0.25) is 0 Å². The standard InChI is InChI=1S/C18H25N3O3/c19-13-15-6-7-16(24-15)18(23)21-10-8-20(9-11-21)17(22)12-14-4-2-1-3-5-14/h1-5,15-16H,6-13,19H2/t15-,16+/m1/s1. The third-order valence-electron chi connectivity index (χ3n) is 4.79. The molecule has 2 aliphatic heterocycles. The molecule has 0 bridgehead atoms. The second kappa shape index (κ2) is 7.77. The Morgan fingerprint density at radius 1 is 1.04 bits per heavy atom. The van der Waals surface area contributed by atoms with E-state index in [0.717, 1.165) is 18.4 Å². The Balaban J connectivity index is 1.47. The molecule has 0 spiro atoms. The highest BCUT2D eigenvalue weighted by Crippen LogP contribution is 2.21. The molecule has 0 unspecified atom stereocenters. The molecule has 6 nitrogen and oxygen atoms in total. The fraction of sp³-hybridized carbons (Fsp3) is 0.556. The Bertz CT molecular complexity index is 570. The first-order chi connectivity index (χ1) is 11.7. The van der Waals surface area contributed by atoms with Gasteiger partial charge in [-0.2, -0.15) is 0 Å². The van der Waals surface area contributed by atoms with Gasteiger partial charge >= 0.3 is 0 Å². The molecule has 1 aromatic rings. The van der Waals surface area contributed by atoms with Crippen molar-refractivity contribution in [2.45, 2.75) is 31.5 Å². The van der Waals surface area contributed by atoms with Gasteiger partial charge in [0, 0.05) is 32.7 Å². The third kappa shape index (κ3) is 3.94. The van der Waals surface area contributed by atoms with E-state index in [0.29, 0.717) is 39.1 Å². The second-order valence-electron chi connectivity index (χ2n) is 6.43. The zero-order valence-corrected chi connectivity index (χ0v) is 13.9. The van der Waals surface area contributed by atoms with Crippen LogP contribution < -0.4 is 5.73 Å². The minimum Gasteiger partial charge on any atom is -0.364 e. The topological polar surface area (TPSA) is 75.9 Å². The summed E-state index contributed by atoms with van der Waals surface area (Å²) in [5.41, 5.74) is 6.62. The van der Waals surface area contributed by atoms with E-state index in [1.54, 1.807) is 0 Å². The van der Waals surface area contributed by atoms with E-state index in [4.69, 9.17) is 10.5 Å². The number of benzene rings is 1. The number of carbonyl (C=O) groups excluding carboxylic acids is 2. The number of ether oxygens (including phenoxy) is 1. The first-order valence-corrected chi connectivity index (χ1v) is 8.63. The fourth-order valence-corrected chi connectivity index (χ4v) is 3.32. The summed E-state index contributed by atoms with van der Waals surface area (Å²) in [7, 11) is 0. The lowest BCUT2D eigenvalue weighted by molar-refractivity contribution is -0.147.